The van der Waals surface area contributed by atoms with Gasteiger partial charge in [0.1, 0.15) is 12.3 Å². The van der Waals surface area contributed by atoms with Crippen LogP contribution in [0.1, 0.15) is 6.42 Å². The Morgan fingerprint density at radius 3 is 2.77 bits per heavy atom. The number of guanidine groups is 1. The minimum Gasteiger partial charge on any atom is -0.495 e. The minimum absolute atomic E-state index is 0.0173. The van der Waals surface area contributed by atoms with Gasteiger partial charge >= 0.3 is 0 Å². The average Bonchev–Trinajstić information content (AvgIpc) is 3.26. The second-order valence-electron chi connectivity index (χ2n) is 8.08. The number of carbonyl (C=O) groups excluding carboxylic acids is 1. The van der Waals surface area contributed by atoms with Crippen LogP contribution in [0.25, 0.3) is 0 Å². The molecular formula is C22H36N6O3. The largest absolute Gasteiger partial charge is 0.495 e. The second kappa shape index (κ2) is 11.8. The highest BCUT2D eigenvalue weighted by Gasteiger charge is 2.25. The number of benzene rings is 1. The van der Waals surface area contributed by atoms with Crippen molar-refractivity contribution in [2.75, 3.05) is 85.1 Å². The molecule has 2 aliphatic heterocycles. The number of likely N-dealkylation sites (N-methyl/N-ethyl adjacent to an activating group) is 1. The maximum Gasteiger partial charge on any atom is 0.243 e. The van der Waals surface area contributed by atoms with Gasteiger partial charge < -0.3 is 29.9 Å². The summed E-state index contributed by atoms with van der Waals surface area (Å²) in [5, 5.41) is 6.94. The molecule has 2 aliphatic rings. The van der Waals surface area contributed by atoms with E-state index in [9.17, 15) is 4.79 Å². The third kappa shape index (κ3) is 7.00. The van der Waals surface area contributed by atoms with E-state index in [4.69, 9.17) is 9.47 Å². The van der Waals surface area contributed by atoms with E-state index in [-0.39, 0.29) is 18.5 Å². The number of hydrogen-bond acceptors (Lipinski definition) is 6. The highest BCUT2D eigenvalue weighted by Crippen LogP contribution is 2.30. The summed E-state index contributed by atoms with van der Waals surface area (Å²) < 4.78 is 10.9. The van der Waals surface area contributed by atoms with Crippen molar-refractivity contribution in [3.05, 3.63) is 24.3 Å². The topological polar surface area (TPSA) is 81.7 Å². The Morgan fingerprint density at radius 1 is 1.26 bits per heavy atom. The van der Waals surface area contributed by atoms with Crippen LogP contribution in [0.2, 0.25) is 0 Å². The highest BCUT2D eigenvalue weighted by atomic mass is 16.5. The van der Waals surface area contributed by atoms with Crippen molar-refractivity contribution in [3.8, 4) is 5.75 Å². The Bertz CT molecular complexity index is 736. The fraction of sp³-hybridized carbons (Fsp3) is 0.636. The molecule has 1 aromatic carbocycles. The highest BCUT2D eigenvalue weighted by molar-refractivity contribution is 5.85. The molecule has 2 fully saturated rings. The first-order valence-electron chi connectivity index (χ1n) is 11.0. The summed E-state index contributed by atoms with van der Waals surface area (Å²) in [4.78, 5) is 22.8. The zero-order valence-electron chi connectivity index (χ0n) is 19.0. The van der Waals surface area contributed by atoms with Crippen LogP contribution in [-0.4, -0.2) is 108 Å². The standard InChI is InChI=1S/C22H36N6O3/c1-26(2)21(29)16-24-22(23-9-11-27-12-14-31-15-13-27)25-18-8-10-28(17-18)19-6-4-5-7-20(19)30-3/h4-7,18H,8-17H2,1-3H3,(H2,23,24,25). The zero-order chi connectivity index (χ0) is 22.1. The van der Waals surface area contributed by atoms with E-state index in [1.54, 1.807) is 26.1 Å². The van der Waals surface area contributed by atoms with Gasteiger partial charge in [-0.25, -0.2) is 4.99 Å². The molecule has 31 heavy (non-hydrogen) atoms. The SMILES string of the molecule is COc1ccccc1N1CCC(NC(=NCC(=O)N(C)C)NCCN2CCOCC2)C1. The number of para-hydroxylation sites is 2. The van der Waals surface area contributed by atoms with Crippen molar-refractivity contribution >= 4 is 17.6 Å². The van der Waals surface area contributed by atoms with Gasteiger partial charge in [0.05, 0.1) is 26.0 Å². The quantitative estimate of drug-likeness (QED) is 0.450. The summed E-state index contributed by atoms with van der Waals surface area (Å²) in [5.74, 6) is 1.56. The smallest absolute Gasteiger partial charge is 0.243 e. The summed E-state index contributed by atoms with van der Waals surface area (Å²) in [7, 11) is 5.20. The third-order valence-corrected chi connectivity index (χ3v) is 5.65. The molecule has 1 unspecified atom stereocenters. The van der Waals surface area contributed by atoms with E-state index in [1.807, 2.05) is 18.2 Å². The number of ether oxygens (including phenoxy) is 2. The molecular weight excluding hydrogens is 396 g/mol. The lowest BCUT2D eigenvalue weighted by molar-refractivity contribution is -0.127. The van der Waals surface area contributed by atoms with E-state index < -0.39 is 0 Å². The Hall–Kier alpha value is -2.52. The van der Waals surface area contributed by atoms with Gasteiger partial charge in [-0.05, 0) is 18.6 Å². The normalized spacial score (nSPS) is 19.9. The zero-order valence-corrected chi connectivity index (χ0v) is 19.0. The molecule has 3 rings (SSSR count). The fourth-order valence-electron chi connectivity index (χ4n) is 3.78. The number of methoxy groups -OCH3 is 1. The van der Waals surface area contributed by atoms with Gasteiger partial charge in [-0.3, -0.25) is 9.69 Å². The molecule has 2 heterocycles. The predicted molar refractivity (Wildman–Crippen MR) is 123 cm³/mol. The van der Waals surface area contributed by atoms with E-state index in [0.717, 1.165) is 70.3 Å². The Morgan fingerprint density at radius 2 is 2.03 bits per heavy atom. The maximum atomic E-state index is 12.0. The van der Waals surface area contributed by atoms with Gasteiger partial charge in [-0.2, -0.15) is 0 Å². The van der Waals surface area contributed by atoms with Crippen molar-refractivity contribution in [3.63, 3.8) is 0 Å². The maximum absolute atomic E-state index is 12.0. The molecule has 172 valence electrons. The van der Waals surface area contributed by atoms with Gasteiger partial charge in [0.25, 0.3) is 0 Å². The van der Waals surface area contributed by atoms with Crippen LogP contribution in [0.3, 0.4) is 0 Å². The number of nitrogens with one attached hydrogen (secondary N) is 2. The molecule has 2 saturated heterocycles. The van der Waals surface area contributed by atoms with E-state index >= 15 is 0 Å². The lowest BCUT2D eigenvalue weighted by Crippen LogP contribution is -2.48. The molecule has 2 N–H and O–H groups in total. The van der Waals surface area contributed by atoms with Crippen molar-refractivity contribution in [1.29, 1.82) is 0 Å². The van der Waals surface area contributed by atoms with Crippen molar-refractivity contribution < 1.29 is 14.3 Å². The number of rotatable bonds is 8. The molecule has 1 amide bonds. The number of hydrogen-bond donors (Lipinski definition) is 2. The first-order chi connectivity index (χ1) is 15.1. The monoisotopic (exact) mass is 432 g/mol. The van der Waals surface area contributed by atoms with Crippen LogP contribution in [0.15, 0.2) is 29.3 Å². The van der Waals surface area contributed by atoms with Gasteiger partial charge in [0.2, 0.25) is 5.91 Å². The number of anilines is 1. The summed E-state index contributed by atoms with van der Waals surface area (Å²) in [6.45, 7) is 7.10. The fourth-order valence-corrected chi connectivity index (χ4v) is 3.78. The number of aliphatic imine (C=N–C) groups is 1. The number of amides is 1. The third-order valence-electron chi connectivity index (χ3n) is 5.65. The van der Waals surface area contributed by atoms with E-state index in [0.29, 0.717) is 5.96 Å². The van der Waals surface area contributed by atoms with E-state index in [1.165, 1.54) is 0 Å². The van der Waals surface area contributed by atoms with Crippen molar-refractivity contribution in [2.45, 2.75) is 12.5 Å². The minimum atomic E-state index is -0.0173. The van der Waals surface area contributed by atoms with Crippen LogP contribution in [0, 0.1) is 0 Å². The molecule has 1 aromatic rings. The number of morpholine rings is 1. The van der Waals surface area contributed by atoms with Gasteiger partial charge in [-0.1, -0.05) is 12.1 Å². The molecule has 1 atom stereocenters. The van der Waals surface area contributed by atoms with Gasteiger partial charge in [-0.15, -0.1) is 0 Å². The van der Waals surface area contributed by atoms with Crippen LogP contribution in [-0.2, 0) is 9.53 Å². The molecule has 0 bridgehead atoms. The Balaban J connectivity index is 1.56. The van der Waals surface area contributed by atoms with Crippen molar-refractivity contribution in [2.24, 2.45) is 4.99 Å². The molecule has 0 aromatic heterocycles. The van der Waals surface area contributed by atoms with Gasteiger partial charge in [0, 0.05) is 59.4 Å². The van der Waals surface area contributed by atoms with E-state index in [2.05, 4.69) is 31.5 Å². The Labute approximate surface area is 185 Å². The summed E-state index contributed by atoms with van der Waals surface area (Å²) >= 11 is 0. The molecule has 0 spiro atoms. The van der Waals surface area contributed by atoms with Crippen LogP contribution < -0.4 is 20.3 Å². The molecule has 0 saturated carbocycles. The molecule has 0 aliphatic carbocycles. The lowest BCUT2D eigenvalue weighted by atomic mass is 10.2. The van der Waals surface area contributed by atoms with Crippen molar-refractivity contribution in [1.82, 2.24) is 20.4 Å². The first-order valence-corrected chi connectivity index (χ1v) is 11.0. The summed E-state index contributed by atoms with van der Waals surface area (Å²) in [6, 6.07) is 8.34. The predicted octanol–water partition coefficient (Wildman–Crippen LogP) is 0.230. The van der Waals surface area contributed by atoms with Crippen LogP contribution >= 0.6 is 0 Å². The van der Waals surface area contributed by atoms with Crippen LogP contribution in [0.4, 0.5) is 5.69 Å². The summed E-state index contributed by atoms with van der Waals surface area (Å²) in [5.41, 5.74) is 1.11. The summed E-state index contributed by atoms with van der Waals surface area (Å²) in [6.07, 6.45) is 0.990. The molecule has 0 radical (unpaired) electrons. The number of carbonyl (C=O) groups is 1. The number of nitrogens with zero attached hydrogens (tertiary/aromatic N) is 4. The molecule has 9 heteroatoms. The first kappa shape index (κ1) is 23.1. The lowest BCUT2D eigenvalue weighted by Gasteiger charge is -2.27. The average molecular weight is 433 g/mol. The van der Waals surface area contributed by atoms with Gasteiger partial charge in [0.15, 0.2) is 5.96 Å². The second-order valence-corrected chi connectivity index (χ2v) is 8.08. The van der Waals surface area contributed by atoms with Crippen LogP contribution in [0.5, 0.6) is 5.75 Å². The molecule has 9 nitrogen and oxygen atoms in total. The Kier molecular flexibility index (Phi) is 8.78.